The number of pyridine rings is 2. The Kier molecular flexibility index (Phi) is 7.56. The van der Waals surface area contributed by atoms with Gasteiger partial charge in [0.1, 0.15) is 17.0 Å². The number of nitrogens with zero attached hydrogens (tertiary/aromatic N) is 4. The molecule has 216 valence electrons. The van der Waals surface area contributed by atoms with Crippen LogP contribution in [0, 0.1) is 5.82 Å². The standard InChI is InChI=1S/C27H31F4N5O4/c1-25(2,3)40-24(38)35-11-9-15(10-12-35)17-13-36-14-18(20(26(4,5)39)21(28)22(36)33-17)34-23(37)16-7-6-8-19(32-16)27(29,30)31/h6-8,13-15,39H,9-12H2,1-5H3,(H,34,37). The molecule has 0 unspecified atom stereocenters. The fraction of sp³-hybridized carbons (Fsp3) is 0.481. The lowest BCUT2D eigenvalue weighted by atomic mass is 9.94. The molecule has 1 saturated heterocycles. The number of amides is 2. The Labute approximate surface area is 228 Å². The fourth-order valence-electron chi connectivity index (χ4n) is 4.59. The van der Waals surface area contributed by atoms with Crippen LogP contribution >= 0.6 is 0 Å². The van der Waals surface area contributed by atoms with Crippen LogP contribution in [0.25, 0.3) is 5.65 Å². The van der Waals surface area contributed by atoms with Gasteiger partial charge in [-0.15, -0.1) is 0 Å². The van der Waals surface area contributed by atoms with E-state index in [9.17, 15) is 27.9 Å². The number of ether oxygens (including phenoxy) is 1. The number of hydrogen-bond donors (Lipinski definition) is 2. The number of aromatic nitrogens is 3. The lowest BCUT2D eigenvalue weighted by Crippen LogP contribution is -2.41. The molecule has 40 heavy (non-hydrogen) atoms. The molecule has 4 rings (SSSR count). The summed E-state index contributed by atoms with van der Waals surface area (Å²) in [6.45, 7) is 8.85. The van der Waals surface area contributed by atoms with E-state index in [1.165, 1.54) is 24.4 Å². The third-order valence-electron chi connectivity index (χ3n) is 6.40. The van der Waals surface area contributed by atoms with Gasteiger partial charge in [-0.1, -0.05) is 6.07 Å². The van der Waals surface area contributed by atoms with Gasteiger partial charge in [-0.2, -0.15) is 13.2 Å². The largest absolute Gasteiger partial charge is 0.444 e. The van der Waals surface area contributed by atoms with Crippen LogP contribution < -0.4 is 5.32 Å². The van der Waals surface area contributed by atoms with E-state index < -0.39 is 46.6 Å². The summed E-state index contributed by atoms with van der Waals surface area (Å²) < 4.78 is 61.8. The second-order valence-corrected chi connectivity index (χ2v) is 11.3. The van der Waals surface area contributed by atoms with Gasteiger partial charge in [-0.05, 0) is 59.6 Å². The lowest BCUT2D eigenvalue weighted by Gasteiger charge is -2.32. The van der Waals surface area contributed by atoms with Crippen LogP contribution in [-0.4, -0.2) is 55.1 Å². The SMILES string of the molecule is CC(C)(C)OC(=O)N1CCC(c2cn3cc(NC(=O)c4cccc(C(F)(F)F)n4)c(C(C)(C)O)c(F)c3n2)CC1. The summed E-state index contributed by atoms with van der Waals surface area (Å²) in [4.78, 5) is 34.6. The summed E-state index contributed by atoms with van der Waals surface area (Å²) in [5.41, 5.74) is -4.12. The number of imidazole rings is 1. The Balaban J connectivity index is 1.62. The molecule has 2 amide bonds. The van der Waals surface area contributed by atoms with Crippen LogP contribution in [-0.2, 0) is 16.5 Å². The van der Waals surface area contributed by atoms with Gasteiger partial charge in [0, 0.05) is 37.0 Å². The lowest BCUT2D eigenvalue weighted by molar-refractivity contribution is -0.141. The molecule has 0 spiro atoms. The van der Waals surface area contributed by atoms with Crippen LogP contribution in [0.1, 0.15) is 80.8 Å². The minimum absolute atomic E-state index is 0.0862. The Bertz CT molecular complexity index is 1430. The van der Waals surface area contributed by atoms with E-state index in [4.69, 9.17) is 4.74 Å². The van der Waals surface area contributed by atoms with Crippen molar-refractivity contribution >= 4 is 23.3 Å². The molecule has 1 fully saturated rings. The number of aliphatic hydroxyl groups is 1. The Morgan fingerprint density at radius 3 is 2.27 bits per heavy atom. The number of halogens is 4. The molecule has 0 aliphatic carbocycles. The summed E-state index contributed by atoms with van der Waals surface area (Å²) in [5.74, 6) is -1.99. The zero-order valence-corrected chi connectivity index (χ0v) is 22.8. The van der Waals surface area contributed by atoms with Gasteiger partial charge in [0.2, 0.25) is 0 Å². The van der Waals surface area contributed by atoms with Gasteiger partial charge in [0.15, 0.2) is 11.5 Å². The zero-order valence-electron chi connectivity index (χ0n) is 22.8. The molecule has 0 aromatic carbocycles. The summed E-state index contributed by atoms with van der Waals surface area (Å²) in [6, 6.07) is 2.87. The van der Waals surface area contributed by atoms with Crippen LogP contribution in [0.15, 0.2) is 30.6 Å². The molecule has 1 aliphatic heterocycles. The Hall–Kier alpha value is -3.74. The average molecular weight is 566 g/mol. The molecular weight excluding hydrogens is 534 g/mol. The van der Waals surface area contributed by atoms with Gasteiger partial charge in [-0.25, -0.2) is 19.2 Å². The van der Waals surface area contributed by atoms with Crippen molar-refractivity contribution in [1.82, 2.24) is 19.3 Å². The normalized spacial score (nSPS) is 15.4. The van der Waals surface area contributed by atoms with Gasteiger partial charge < -0.3 is 24.5 Å². The highest BCUT2D eigenvalue weighted by Gasteiger charge is 2.34. The van der Waals surface area contributed by atoms with Crippen molar-refractivity contribution in [1.29, 1.82) is 0 Å². The van der Waals surface area contributed by atoms with E-state index >= 15 is 4.39 Å². The third kappa shape index (κ3) is 6.35. The number of likely N-dealkylation sites (tertiary alicyclic amines) is 1. The Morgan fingerprint density at radius 1 is 1.05 bits per heavy atom. The number of hydrogen-bond acceptors (Lipinski definition) is 6. The molecule has 0 bridgehead atoms. The number of rotatable bonds is 4. The number of carbonyl (C=O) groups excluding carboxylic acids is 2. The predicted octanol–water partition coefficient (Wildman–Crippen LogP) is 5.48. The second kappa shape index (κ2) is 10.3. The molecule has 0 radical (unpaired) electrons. The second-order valence-electron chi connectivity index (χ2n) is 11.3. The molecular formula is C27H31F4N5O4. The number of fused-ring (bicyclic) bond motifs is 1. The van der Waals surface area contributed by atoms with Crippen molar-refractivity contribution in [2.45, 2.75) is 70.8 Å². The van der Waals surface area contributed by atoms with Crippen LogP contribution in [0.4, 0.5) is 28.0 Å². The molecule has 4 heterocycles. The van der Waals surface area contributed by atoms with Gasteiger partial charge in [0.25, 0.3) is 5.91 Å². The summed E-state index contributed by atoms with van der Waals surface area (Å²) in [5, 5.41) is 13.1. The molecule has 3 aromatic rings. The maximum absolute atomic E-state index is 15.8. The van der Waals surface area contributed by atoms with E-state index in [0.29, 0.717) is 31.6 Å². The highest BCUT2D eigenvalue weighted by Crippen LogP contribution is 2.35. The first-order chi connectivity index (χ1) is 18.4. The van der Waals surface area contributed by atoms with Gasteiger partial charge >= 0.3 is 12.3 Å². The summed E-state index contributed by atoms with van der Waals surface area (Å²) >= 11 is 0. The minimum Gasteiger partial charge on any atom is -0.444 e. The predicted molar refractivity (Wildman–Crippen MR) is 137 cm³/mol. The minimum atomic E-state index is -4.75. The topological polar surface area (TPSA) is 109 Å². The van der Waals surface area contributed by atoms with Crippen LogP contribution in [0.3, 0.4) is 0 Å². The average Bonchev–Trinajstić information content (AvgIpc) is 3.26. The summed E-state index contributed by atoms with van der Waals surface area (Å²) in [6.07, 6.45) is -1.09. The fourth-order valence-corrected chi connectivity index (χ4v) is 4.59. The molecule has 9 nitrogen and oxygen atoms in total. The van der Waals surface area contributed by atoms with Gasteiger partial charge in [0.05, 0.1) is 17.0 Å². The van der Waals surface area contributed by atoms with Crippen molar-refractivity contribution in [3.05, 3.63) is 59.1 Å². The highest BCUT2D eigenvalue weighted by molar-refractivity contribution is 6.03. The molecule has 13 heteroatoms. The smallest absolute Gasteiger partial charge is 0.433 e. The number of piperidine rings is 1. The highest BCUT2D eigenvalue weighted by atomic mass is 19.4. The third-order valence-corrected chi connectivity index (χ3v) is 6.40. The molecule has 0 atom stereocenters. The first-order valence-corrected chi connectivity index (χ1v) is 12.7. The van der Waals surface area contributed by atoms with Crippen molar-refractivity contribution in [2.75, 3.05) is 18.4 Å². The quantitative estimate of drug-likeness (QED) is 0.406. The van der Waals surface area contributed by atoms with Crippen molar-refractivity contribution in [3.63, 3.8) is 0 Å². The van der Waals surface area contributed by atoms with Crippen molar-refractivity contribution < 1.29 is 37.0 Å². The molecule has 0 saturated carbocycles. The van der Waals surface area contributed by atoms with Crippen LogP contribution in [0.5, 0.6) is 0 Å². The van der Waals surface area contributed by atoms with E-state index in [1.807, 2.05) is 0 Å². The van der Waals surface area contributed by atoms with E-state index in [1.54, 1.807) is 31.9 Å². The number of alkyl halides is 3. The molecule has 3 aromatic heterocycles. The van der Waals surface area contributed by atoms with E-state index in [0.717, 1.165) is 18.2 Å². The maximum Gasteiger partial charge on any atom is 0.433 e. The van der Waals surface area contributed by atoms with E-state index in [2.05, 4.69) is 15.3 Å². The zero-order chi connectivity index (χ0) is 29.6. The first-order valence-electron chi connectivity index (χ1n) is 12.7. The van der Waals surface area contributed by atoms with Gasteiger partial charge in [-0.3, -0.25) is 4.79 Å². The van der Waals surface area contributed by atoms with Crippen molar-refractivity contribution in [3.8, 4) is 0 Å². The molecule has 2 N–H and O–H groups in total. The number of anilines is 1. The van der Waals surface area contributed by atoms with Crippen molar-refractivity contribution in [2.24, 2.45) is 0 Å². The number of carbonyl (C=O) groups is 2. The molecule has 1 aliphatic rings. The Morgan fingerprint density at radius 2 is 1.70 bits per heavy atom. The van der Waals surface area contributed by atoms with Crippen LogP contribution in [0.2, 0.25) is 0 Å². The monoisotopic (exact) mass is 565 g/mol. The summed E-state index contributed by atoms with van der Waals surface area (Å²) in [7, 11) is 0. The number of nitrogens with one attached hydrogen (secondary N) is 1. The maximum atomic E-state index is 15.8. The first kappa shape index (κ1) is 29.2. The van der Waals surface area contributed by atoms with E-state index in [-0.39, 0.29) is 22.8 Å².